The lowest BCUT2D eigenvalue weighted by Gasteiger charge is -2.10. The molecule has 4 rings (SSSR count). The van der Waals surface area contributed by atoms with E-state index in [0.29, 0.717) is 33.5 Å². The third kappa shape index (κ3) is 3.68. The number of hydrogen-bond acceptors (Lipinski definition) is 3. The molecule has 0 bridgehead atoms. The molecule has 0 fully saturated rings. The number of aryl methyl sites for hydroxylation is 1. The molecule has 4 nitrogen and oxygen atoms in total. The van der Waals surface area contributed by atoms with Crippen LogP contribution in [0.2, 0.25) is 5.02 Å². The molecule has 1 heterocycles. The normalized spacial score (nSPS) is 10.6. The molecule has 3 aromatic carbocycles. The molecule has 138 valence electrons. The van der Waals surface area contributed by atoms with Crippen LogP contribution < -0.4 is 5.32 Å². The van der Waals surface area contributed by atoms with Crippen molar-refractivity contribution in [1.29, 1.82) is 0 Å². The van der Waals surface area contributed by atoms with E-state index >= 15 is 0 Å². The molecule has 0 aliphatic heterocycles. The van der Waals surface area contributed by atoms with Crippen LogP contribution in [0.25, 0.3) is 22.8 Å². The summed E-state index contributed by atoms with van der Waals surface area (Å²) in [6.45, 7) is 1.94. The van der Waals surface area contributed by atoms with Crippen molar-refractivity contribution in [1.82, 2.24) is 4.98 Å². The third-order valence-electron chi connectivity index (χ3n) is 4.34. The maximum atomic E-state index is 12.9. The number of anilines is 1. The fourth-order valence-corrected chi connectivity index (χ4v) is 3.20. The molecule has 0 aliphatic rings. The van der Waals surface area contributed by atoms with Gasteiger partial charge in [0.2, 0.25) is 5.89 Å². The van der Waals surface area contributed by atoms with Crippen molar-refractivity contribution < 1.29 is 9.21 Å². The second-order valence-corrected chi connectivity index (χ2v) is 6.79. The van der Waals surface area contributed by atoms with E-state index in [0.717, 1.165) is 11.1 Å². The van der Waals surface area contributed by atoms with Gasteiger partial charge in [0, 0.05) is 11.1 Å². The molecule has 5 heteroatoms. The Labute approximate surface area is 167 Å². The summed E-state index contributed by atoms with van der Waals surface area (Å²) >= 11 is 6.24. The summed E-state index contributed by atoms with van der Waals surface area (Å²) in [5.41, 5.74) is 3.58. The van der Waals surface area contributed by atoms with Crippen molar-refractivity contribution in [2.24, 2.45) is 0 Å². The summed E-state index contributed by atoms with van der Waals surface area (Å²) in [5.74, 6) is 0.757. The Morgan fingerprint density at radius 2 is 1.75 bits per heavy atom. The van der Waals surface area contributed by atoms with Crippen LogP contribution in [0.5, 0.6) is 0 Å². The van der Waals surface area contributed by atoms with Crippen LogP contribution in [-0.4, -0.2) is 10.9 Å². The van der Waals surface area contributed by atoms with E-state index in [1.165, 1.54) is 0 Å². The van der Waals surface area contributed by atoms with Crippen LogP contribution in [0, 0.1) is 6.92 Å². The number of benzene rings is 3. The first-order valence-electron chi connectivity index (χ1n) is 8.80. The number of nitrogens with zero attached hydrogens (tertiary/aromatic N) is 1. The van der Waals surface area contributed by atoms with Gasteiger partial charge >= 0.3 is 0 Å². The molecule has 0 spiro atoms. The van der Waals surface area contributed by atoms with Gasteiger partial charge in [-0.3, -0.25) is 4.79 Å². The first-order chi connectivity index (χ1) is 13.6. The summed E-state index contributed by atoms with van der Waals surface area (Å²) < 4.78 is 5.92. The molecule has 0 radical (unpaired) electrons. The number of nitrogens with one attached hydrogen (secondary N) is 1. The van der Waals surface area contributed by atoms with Crippen molar-refractivity contribution in [3.63, 3.8) is 0 Å². The van der Waals surface area contributed by atoms with E-state index in [4.69, 9.17) is 16.0 Å². The average molecular weight is 389 g/mol. The monoisotopic (exact) mass is 388 g/mol. The van der Waals surface area contributed by atoms with E-state index in [9.17, 15) is 4.79 Å². The van der Waals surface area contributed by atoms with Crippen molar-refractivity contribution in [3.05, 3.63) is 95.1 Å². The molecule has 1 amide bonds. The summed E-state index contributed by atoms with van der Waals surface area (Å²) in [6.07, 6.45) is 1.66. The molecular formula is C23H17ClN2O2. The maximum Gasteiger partial charge on any atom is 0.256 e. The van der Waals surface area contributed by atoms with Crippen LogP contribution in [0.1, 0.15) is 15.9 Å². The molecule has 0 atom stereocenters. The zero-order chi connectivity index (χ0) is 19.5. The zero-order valence-electron chi connectivity index (χ0n) is 15.1. The molecule has 0 unspecified atom stereocenters. The Hall–Kier alpha value is -3.37. The van der Waals surface area contributed by atoms with Crippen LogP contribution >= 0.6 is 11.6 Å². The molecule has 0 aliphatic carbocycles. The molecule has 1 N–H and O–H groups in total. The number of amides is 1. The topological polar surface area (TPSA) is 55.1 Å². The summed E-state index contributed by atoms with van der Waals surface area (Å²) in [4.78, 5) is 17.3. The third-order valence-corrected chi connectivity index (χ3v) is 4.65. The van der Waals surface area contributed by atoms with Crippen LogP contribution in [0.4, 0.5) is 5.69 Å². The smallest absolute Gasteiger partial charge is 0.256 e. The number of rotatable bonds is 4. The Kier molecular flexibility index (Phi) is 4.96. The minimum absolute atomic E-state index is 0.277. The van der Waals surface area contributed by atoms with Crippen molar-refractivity contribution >= 4 is 23.2 Å². The second kappa shape index (κ2) is 7.71. The fourth-order valence-electron chi connectivity index (χ4n) is 2.91. The van der Waals surface area contributed by atoms with E-state index in [-0.39, 0.29) is 5.91 Å². The van der Waals surface area contributed by atoms with Gasteiger partial charge in [-0.15, -0.1) is 0 Å². The average Bonchev–Trinajstić information content (AvgIpc) is 3.21. The van der Waals surface area contributed by atoms with Crippen LogP contribution in [-0.2, 0) is 0 Å². The standard InChI is InChI=1S/C23H17ClN2O2/c1-15-11-12-20(19(24)13-15)26-22(27)17-9-5-6-10-18(17)23-25-14-21(28-23)16-7-3-2-4-8-16/h2-14H,1H3,(H,26,27). The van der Waals surface area contributed by atoms with Crippen molar-refractivity contribution in [3.8, 4) is 22.8 Å². The van der Waals surface area contributed by atoms with Crippen molar-refractivity contribution in [2.45, 2.75) is 6.92 Å². The second-order valence-electron chi connectivity index (χ2n) is 6.38. The van der Waals surface area contributed by atoms with Gasteiger partial charge in [-0.2, -0.15) is 0 Å². The van der Waals surface area contributed by atoms with E-state index in [1.807, 2.05) is 61.5 Å². The highest BCUT2D eigenvalue weighted by atomic mass is 35.5. The first-order valence-corrected chi connectivity index (χ1v) is 9.18. The quantitative estimate of drug-likeness (QED) is 0.451. The predicted molar refractivity (Wildman–Crippen MR) is 112 cm³/mol. The number of oxazole rings is 1. The van der Waals surface area contributed by atoms with Gasteiger partial charge in [-0.25, -0.2) is 4.98 Å². The van der Waals surface area contributed by atoms with Gasteiger partial charge in [0.05, 0.1) is 22.5 Å². The van der Waals surface area contributed by atoms with Crippen molar-refractivity contribution in [2.75, 3.05) is 5.32 Å². The predicted octanol–water partition coefficient (Wildman–Crippen LogP) is 6.22. The van der Waals surface area contributed by atoms with Crippen LogP contribution in [0.3, 0.4) is 0 Å². The minimum Gasteiger partial charge on any atom is -0.436 e. The van der Waals surface area contributed by atoms with Crippen LogP contribution in [0.15, 0.2) is 83.4 Å². The molecule has 4 aromatic rings. The fraction of sp³-hybridized carbons (Fsp3) is 0.0435. The number of halogens is 1. The molecule has 0 saturated heterocycles. The van der Waals surface area contributed by atoms with Gasteiger partial charge < -0.3 is 9.73 Å². The lowest BCUT2D eigenvalue weighted by atomic mass is 10.1. The Balaban J connectivity index is 1.66. The zero-order valence-corrected chi connectivity index (χ0v) is 15.9. The lowest BCUT2D eigenvalue weighted by Crippen LogP contribution is -2.13. The largest absolute Gasteiger partial charge is 0.436 e. The summed E-state index contributed by atoms with van der Waals surface area (Å²) in [7, 11) is 0. The number of hydrogen-bond donors (Lipinski definition) is 1. The number of carbonyl (C=O) groups excluding carboxylic acids is 1. The number of aromatic nitrogens is 1. The SMILES string of the molecule is Cc1ccc(NC(=O)c2ccccc2-c2ncc(-c3ccccc3)o2)c(Cl)c1. The number of carbonyl (C=O) groups is 1. The molecule has 28 heavy (non-hydrogen) atoms. The Bertz CT molecular complexity index is 1140. The van der Waals surface area contributed by atoms with Gasteiger partial charge in [0.15, 0.2) is 5.76 Å². The summed E-state index contributed by atoms with van der Waals surface area (Å²) in [6, 6.07) is 22.4. The van der Waals surface area contributed by atoms with Gasteiger partial charge in [0.1, 0.15) is 0 Å². The Morgan fingerprint density at radius 3 is 2.54 bits per heavy atom. The Morgan fingerprint density at radius 1 is 1.00 bits per heavy atom. The highest BCUT2D eigenvalue weighted by Gasteiger charge is 2.17. The highest BCUT2D eigenvalue weighted by molar-refractivity contribution is 6.34. The molecular weight excluding hydrogens is 372 g/mol. The molecule has 0 saturated carbocycles. The van der Waals surface area contributed by atoms with Gasteiger partial charge in [-0.05, 0) is 36.8 Å². The minimum atomic E-state index is -0.277. The van der Waals surface area contributed by atoms with E-state index < -0.39 is 0 Å². The summed E-state index contributed by atoms with van der Waals surface area (Å²) in [5, 5.41) is 3.36. The molecule has 1 aromatic heterocycles. The highest BCUT2D eigenvalue weighted by Crippen LogP contribution is 2.29. The lowest BCUT2D eigenvalue weighted by molar-refractivity contribution is 0.102. The van der Waals surface area contributed by atoms with E-state index in [2.05, 4.69) is 10.3 Å². The van der Waals surface area contributed by atoms with Gasteiger partial charge in [0.25, 0.3) is 5.91 Å². The first kappa shape index (κ1) is 18.0. The maximum absolute atomic E-state index is 12.9. The van der Waals surface area contributed by atoms with E-state index in [1.54, 1.807) is 24.4 Å². The van der Waals surface area contributed by atoms with Gasteiger partial charge in [-0.1, -0.05) is 60.1 Å².